The van der Waals surface area contributed by atoms with E-state index in [2.05, 4.69) is 30.5 Å². The first kappa shape index (κ1) is 16.7. The molecule has 4 rings (SSSR count). The Morgan fingerprint density at radius 2 is 2.00 bits per heavy atom. The van der Waals surface area contributed by atoms with Gasteiger partial charge in [0.2, 0.25) is 0 Å². The number of nitrogen functional groups attached to an aromatic ring is 1. The van der Waals surface area contributed by atoms with E-state index in [-0.39, 0.29) is 0 Å². The molecular formula is C17H22N8O. The third-order valence-corrected chi connectivity index (χ3v) is 4.46. The highest BCUT2D eigenvalue weighted by atomic mass is 16.5. The van der Waals surface area contributed by atoms with Crippen LogP contribution in [0.25, 0.3) is 16.9 Å². The van der Waals surface area contributed by atoms with Crippen molar-refractivity contribution in [3.8, 4) is 5.82 Å². The minimum atomic E-state index is 0.467. The largest absolute Gasteiger partial charge is 0.393 e. The first-order chi connectivity index (χ1) is 12.8. The van der Waals surface area contributed by atoms with Crippen LogP contribution in [-0.4, -0.2) is 69.3 Å². The molecule has 0 aliphatic carbocycles. The molecule has 0 spiro atoms. The van der Waals surface area contributed by atoms with Gasteiger partial charge in [0.1, 0.15) is 17.5 Å². The van der Waals surface area contributed by atoms with Crippen molar-refractivity contribution in [2.24, 2.45) is 0 Å². The summed E-state index contributed by atoms with van der Waals surface area (Å²) in [6.07, 6.45) is 2.50. The Balaban J connectivity index is 1.44. The Morgan fingerprint density at radius 3 is 2.88 bits per heavy atom. The van der Waals surface area contributed by atoms with Crippen LogP contribution in [0.5, 0.6) is 0 Å². The zero-order chi connectivity index (χ0) is 17.8. The van der Waals surface area contributed by atoms with E-state index in [9.17, 15) is 0 Å². The molecule has 3 heterocycles. The molecule has 3 N–H and O–H groups in total. The molecule has 9 nitrogen and oxygen atoms in total. The van der Waals surface area contributed by atoms with E-state index in [1.807, 2.05) is 24.3 Å². The van der Waals surface area contributed by atoms with Crippen molar-refractivity contribution in [2.75, 3.05) is 50.4 Å². The molecule has 9 heteroatoms. The van der Waals surface area contributed by atoms with Crippen LogP contribution in [0.1, 0.15) is 6.42 Å². The van der Waals surface area contributed by atoms with Crippen LogP contribution >= 0.6 is 0 Å². The van der Waals surface area contributed by atoms with E-state index < -0.39 is 0 Å². The number of nitrogens with one attached hydrogen (secondary N) is 1. The van der Waals surface area contributed by atoms with Crippen LogP contribution in [-0.2, 0) is 4.74 Å². The van der Waals surface area contributed by atoms with Gasteiger partial charge in [0, 0.05) is 19.6 Å². The zero-order valence-electron chi connectivity index (χ0n) is 14.5. The van der Waals surface area contributed by atoms with Crippen molar-refractivity contribution in [1.82, 2.24) is 29.9 Å². The van der Waals surface area contributed by atoms with E-state index in [4.69, 9.17) is 10.5 Å². The zero-order valence-corrected chi connectivity index (χ0v) is 14.5. The lowest BCUT2D eigenvalue weighted by atomic mass is 10.3. The molecule has 0 amide bonds. The van der Waals surface area contributed by atoms with Crippen LogP contribution in [0.15, 0.2) is 30.6 Å². The topological polar surface area (TPSA) is 107 Å². The molecule has 3 aromatic rings. The molecule has 1 fully saturated rings. The summed E-state index contributed by atoms with van der Waals surface area (Å²) in [6, 6.07) is 7.70. The van der Waals surface area contributed by atoms with Crippen molar-refractivity contribution in [1.29, 1.82) is 0 Å². The van der Waals surface area contributed by atoms with Gasteiger partial charge in [0.15, 0.2) is 11.6 Å². The van der Waals surface area contributed by atoms with Crippen molar-refractivity contribution in [3.05, 3.63) is 30.6 Å². The van der Waals surface area contributed by atoms with E-state index in [1.165, 1.54) is 6.33 Å². The van der Waals surface area contributed by atoms with Crippen LogP contribution < -0.4 is 11.1 Å². The molecule has 0 atom stereocenters. The maximum atomic E-state index is 6.29. The average Bonchev–Trinajstić information content (AvgIpc) is 3.11. The number of nitrogens with zero attached hydrogens (tertiary/aromatic N) is 6. The predicted octanol–water partition coefficient (Wildman–Crippen LogP) is 0.927. The summed E-state index contributed by atoms with van der Waals surface area (Å²) in [7, 11) is 0. The molecule has 0 saturated carbocycles. The number of hydrogen-bond acceptors (Lipinski definition) is 8. The molecule has 1 aliphatic rings. The summed E-state index contributed by atoms with van der Waals surface area (Å²) in [5.41, 5.74) is 8.41. The summed E-state index contributed by atoms with van der Waals surface area (Å²) in [6.45, 7) is 5.46. The number of para-hydroxylation sites is 1. The molecule has 136 valence electrons. The van der Waals surface area contributed by atoms with Gasteiger partial charge in [-0.1, -0.05) is 17.3 Å². The fourth-order valence-electron chi connectivity index (χ4n) is 3.06. The summed E-state index contributed by atoms with van der Waals surface area (Å²) in [5, 5.41) is 11.6. The third kappa shape index (κ3) is 3.44. The lowest BCUT2D eigenvalue weighted by Crippen LogP contribution is -2.37. The predicted molar refractivity (Wildman–Crippen MR) is 99.2 cm³/mol. The van der Waals surface area contributed by atoms with Gasteiger partial charge >= 0.3 is 0 Å². The number of aromatic nitrogens is 5. The molecule has 1 aromatic carbocycles. The van der Waals surface area contributed by atoms with Gasteiger partial charge in [-0.25, -0.2) is 9.97 Å². The van der Waals surface area contributed by atoms with Crippen molar-refractivity contribution in [3.63, 3.8) is 0 Å². The van der Waals surface area contributed by atoms with Gasteiger partial charge in [0.25, 0.3) is 0 Å². The summed E-state index contributed by atoms with van der Waals surface area (Å²) < 4.78 is 7.01. The van der Waals surface area contributed by atoms with Gasteiger partial charge in [0.05, 0.1) is 18.7 Å². The SMILES string of the molecule is Nc1c(NCCCN2CCOCC2)ncnc1-n1nnc2ccccc21. The number of fused-ring (bicyclic) bond motifs is 1. The molecule has 0 bridgehead atoms. The van der Waals surface area contributed by atoms with Gasteiger partial charge < -0.3 is 15.8 Å². The minimum Gasteiger partial charge on any atom is -0.393 e. The Labute approximate surface area is 151 Å². The smallest absolute Gasteiger partial charge is 0.184 e. The van der Waals surface area contributed by atoms with Crippen molar-refractivity contribution < 1.29 is 4.74 Å². The van der Waals surface area contributed by atoms with Crippen LogP contribution in [0, 0.1) is 0 Å². The Kier molecular flexibility index (Phi) is 4.89. The fourth-order valence-corrected chi connectivity index (χ4v) is 3.06. The van der Waals surface area contributed by atoms with E-state index in [1.54, 1.807) is 4.68 Å². The van der Waals surface area contributed by atoms with Crippen LogP contribution in [0.4, 0.5) is 11.5 Å². The number of ether oxygens (including phenoxy) is 1. The number of nitrogens with two attached hydrogens (primary N) is 1. The molecule has 1 aliphatic heterocycles. The summed E-state index contributed by atoms with van der Waals surface area (Å²) in [5.74, 6) is 1.15. The highest BCUT2D eigenvalue weighted by molar-refractivity contribution is 5.78. The highest BCUT2D eigenvalue weighted by Gasteiger charge is 2.14. The summed E-state index contributed by atoms with van der Waals surface area (Å²) in [4.78, 5) is 11.0. The number of benzene rings is 1. The molecule has 2 aromatic heterocycles. The van der Waals surface area contributed by atoms with Gasteiger partial charge in [-0.3, -0.25) is 4.90 Å². The molecule has 26 heavy (non-hydrogen) atoms. The molecular weight excluding hydrogens is 332 g/mol. The first-order valence-electron chi connectivity index (χ1n) is 8.78. The maximum Gasteiger partial charge on any atom is 0.184 e. The standard InChI is InChI=1S/C17H22N8O/c18-15-16(19-6-3-7-24-8-10-26-11-9-24)20-12-21-17(15)25-14-5-2-1-4-13(14)22-23-25/h1-2,4-5,12H,3,6-11,18H2,(H,19,20,21). The lowest BCUT2D eigenvalue weighted by Gasteiger charge is -2.26. The van der Waals surface area contributed by atoms with Crippen molar-refractivity contribution in [2.45, 2.75) is 6.42 Å². The van der Waals surface area contributed by atoms with E-state index >= 15 is 0 Å². The molecule has 0 radical (unpaired) electrons. The first-order valence-corrected chi connectivity index (χ1v) is 8.78. The third-order valence-electron chi connectivity index (χ3n) is 4.46. The van der Waals surface area contributed by atoms with E-state index in [0.717, 1.165) is 56.8 Å². The molecule has 1 saturated heterocycles. The molecule has 0 unspecified atom stereocenters. The Hall–Kier alpha value is -2.78. The van der Waals surface area contributed by atoms with Crippen LogP contribution in [0.2, 0.25) is 0 Å². The highest BCUT2D eigenvalue weighted by Crippen LogP contribution is 2.23. The summed E-state index contributed by atoms with van der Waals surface area (Å²) >= 11 is 0. The Morgan fingerprint density at radius 1 is 1.15 bits per heavy atom. The van der Waals surface area contributed by atoms with Crippen molar-refractivity contribution >= 4 is 22.5 Å². The fraction of sp³-hybridized carbons (Fsp3) is 0.412. The van der Waals surface area contributed by atoms with Gasteiger partial charge in [-0.2, -0.15) is 4.68 Å². The quantitative estimate of drug-likeness (QED) is 0.630. The minimum absolute atomic E-state index is 0.467. The number of morpholine rings is 1. The monoisotopic (exact) mass is 354 g/mol. The number of hydrogen-bond donors (Lipinski definition) is 2. The second-order valence-corrected chi connectivity index (χ2v) is 6.18. The number of anilines is 2. The second-order valence-electron chi connectivity index (χ2n) is 6.18. The average molecular weight is 354 g/mol. The maximum absolute atomic E-state index is 6.29. The van der Waals surface area contributed by atoms with E-state index in [0.29, 0.717) is 17.3 Å². The number of rotatable bonds is 6. The van der Waals surface area contributed by atoms with Crippen LogP contribution in [0.3, 0.4) is 0 Å². The second kappa shape index (κ2) is 7.63. The Bertz CT molecular complexity index is 874. The van der Waals surface area contributed by atoms with Gasteiger partial charge in [-0.15, -0.1) is 5.10 Å². The van der Waals surface area contributed by atoms with Gasteiger partial charge in [-0.05, 0) is 25.1 Å². The normalized spacial score (nSPS) is 15.4. The lowest BCUT2D eigenvalue weighted by molar-refractivity contribution is 0.0378.